The molecule has 0 aliphatic heterocycles. The summed E-state index contributed by atoms with van der Waals surface area (Å²) in [5, 5.41) is 12.3. The number of nitrogens with one attached hydrogen (secondary N) is 1. The van der Waals surface area contributed by atoms with E-state index in [9.17, 15) is 14.4 Å². The fourth-order valence-electron chi connectivity index (χ4n) is 2.54. The average Bonchev–Trinajstić information content (AvgIpc) is 2.74. The van der Waals surface area contributed by atoms with Gasteiger partial charge in [0.1, 0.15) is 29.8 Å². The summed E-state index contributed by atoms with van der Waals surface area (Å²) >= 11 is 9.57. The molecule has 0 radical (unpaired) electrons. The zero-order valence-corrected chi connectivity index (χ0v) is 17.9. The number of anilines is 1. The lowest BCUT2D eigenvalue weighted by Crippen LogP contribution is -2.13. The molecule has 0 heterocycles. The van der Waals surface area contributed by atoms with Crippen LogP contribution in [0.25, 0.3) is 6.08 Å². The Balaban J connectivity index is 1.71. The lowest BCUT2D eigenvalue weighted by atomic mass is 10.1. The smallest absolute Gasteiger partial charge is 0.266 e. The molecule has 3 aromatic carbocycles. The van der Waals surface area contributed by atoms with Crippen molar-refractivity contribution in [3.8, 4) is 11.8 Å². The highest BCUT2D eigenvalue weighted by Crippen LogP contribution is 2.27. The molecule has 7 heteroatoms. The summed E-state index contributed by atoms with van der Waals surface area (Å²) in [5.41, 5.74) is 1.46. The van der Waals surface area contributed by atoms with Gasteiger partial charge in [-0.15, -0.1) is 0 Å². The van der Waals surface area contributed by atoms with Gasteiger partial charge in [-0.2, -0.15) is 5.26 Å². The van der Waals surface area contributed by atoms with E-state index < -0.39 is 5.91 Å². The number of rotatable bonds is 6. The first kappa shape index (κ1) is 21.6. The minimum atomic E-state index is -0.532. The average molecular weight is 486 g/mol. The van der Waals surface area contributed by atoms with Crippen molar-refractivity contribution < 1.29 is 13.9 Å². The van der Waals surface area contributed by atoms with Crippen molar-refractivity contribution in [1.82, 2.24) is 0 Å². The molecule has 1 N–H and O–H groups in total. The topological polar surface area (TPSA) is 62.1 Å². The number of hydrogen-bond donors (Lipinski definition) is 1. The van der Waals surface area contributed by atoms with Crippen molar-refractivity contribution in [3.63, 3.8) is 0 Å². The lowest BCUT2D eigenvalue weighted by molar-refractivity contribution is -0.112. The first-order valence-corrected chi connectivity index (χ1v) is 9.98. The SMILES string of the molecule is N#C/C(=C\c1ccc(OCc2ccccc2F)c(Cl)c1)C(=O)Nc1ccc(Br)cc1. The first-order chi connectivity index (χ1) is 14.5. The quantitative estimate of drug-likeness (QED) is 0.326. The van der Waals surface area contributed by atoms with Crippen molar-refractivity contribution in [2.45, 2.75) is 6.61 Å². The molecule has 0 aliphatic rings. The first-order valence-electron chi connectivity index (χ1n) is 8.81. The molecule has 30 heavy (non-hydrogen) atoms. The molecule has 0 atom stereocenters. The molecule has 3 aromatic rings. The van der Waals surface area contributed by atoms with E-state index in [1.54, 1.807) is 60.7 Å². The fourth-order valence-corrected chi connectivity index (χ4v) is 3.05. The zero-order valence-electron chi connectivity index (χ0n) is 15.5. The Hall–Kier alpha value is -3.14. The number of carbonyl (C=O) groups is 1. The number of nitrogens with zero attached hydrogens (tertiary/aromatic N) is 1. The van der Waals surface area contributed by atoms with Crippen LogP contribution in [0.5, 0.6) is 5.75 Å². The van der Waals surface area contributed by atoms with E-state index in [1.807, 2.05) is 6.07 Å². The van der Waals surface area contributed by atoms with Gasteiger partial charge in [0, 0.05) is 15.7 Å². The molecule has 0 spiro atoms. The van der Waals surface area contributed by atoms with Crippen LogP contribution in [0, 0.1) is 17.1 Å². The molecule has 1 amide bonds. The molecule has 0 fully saturated rings. The summed E-state index contributed by atoms with van der Waals surface area (Å²) in [6.45, 7) is 0.0284. The molecular weight excluding hydrogens is 471 g/mol. The van der Waals surface area contributed by atoms with E-state index in [0.717, 1.165) is 4.47 Å². The Morgan fingerprint density at radius 1 is 1.17 bits per heavy atom. The van der Waals surface area contributed by atoms with Gasteiger partial charge in [0.05, 0.1) is 5.02 Å². The second kappa shape index (κ2) is 10.1. The number of nitriles is 1. The largest absolute Gasteiger partial charge is 0.487 e. The van der Waals surface area contributed by atoms with Gasteiger partial charge in [0.2, 0.25) is 0 Å². The second-order valence-electron chi connectivity index (χ2n) is 6.20. The van der Waals surface area contributed by atoms with Gasteiger partial charge >= 0.3 is 0 Å². The minimum absolute atomic E-state index is 0.0284. The number of hydrogen-bond acceptors (Lipinski definition) is 3. The maximum Gasteiger partial charge on any atom is 0.266 e. The van der Waals surface area contributed by atoms with E-state index in [4.69, 9.17) is 16.3 Å². The minimum Gasteiger partial charge on any atom is -0.487 e. The molecule has 150 valence electrons. The highest BCUT2D eigenvalue weighted by Gasteiger charge is 2.11. The van der Waals surface area contributed by atoms with Gasteiger partial charge in [0.15, 0.2) is 0 Å². The van der Waals surface area contributed by atoms with Crippen LogP contribution in [0.4, 0.5) is 10.1 Å². The Morgan fingerprint density at radius 2 is 1.90 bits per heavy atom. The number of amides is 1. The summed E-state index contributed by atoms with van der Waals surface area (Å²) in [4.78, 5) is 12.4. The van der Waals surface area contributed by atoms with Crippen LogP contribution in [0.3, 0.4) is 0 Å². The molecule has 0 saturated heterocycles. The maximum atomic E-state index is 13.7. The molecular formula is C23H15BrClFN2O2. The van der Waals surface area contributed by atoms with Crippen LogP contribution < -0.4 is 10.1 Å². The fraction of sp³-hybridized carbons (Fsp3) is 0.0435. The third-order valence-electron chi connectivity index (χ3n) is 4.08. The summed E-state index contributed by atoms with van der Waals surface area (Å²) in [7, 11) is 0. The summed E-state index contributed by atoms with van der Waals surface area (Å²) < 4.78 is 20.2. The van der Waals surface area contributed by atoms with Gasteiger partial charge in [-0.3, -0.25) is 4.79 Å². The van der Waals surface area contributed by atoms with E-state index in [0.29, 0.717) is 22.6 Å². The monoisotopic (exact) mass is 484 g/mol. The van der Waals surface area contributed by atoms with E-state index in [-0.39, 0.29) is 23.0 Å². The highest BCUT2D eigenvalue weighted by molar-refractivity contribution is 9.10. The van der Waals surface area contributed by atoms with E-state index in [2.05, 4.69) is 21.2 Å². The second-order valence-corrected chi connectivity index (χ2v) is 7.52. The van der Waals surface area contributed by atoms with Gasteiger partial charge in [0.25, 0.3) is 5.91 Å². The third-order valence-corrected chi connectivity index (χ3v) is 4.90. The summed E-state index contributed by atoms with van der Waals surface area (Å²) in [6.07, 6.45) is 1.43. The van der Waals surface area contributed by atoms with Crippen LogP contribution in [-0.4, -0.2) is 5.91 Å². The molecule has 0 aliphatic carbocycles. The number of benzene rings is 3. The molecule has 0 bridgehead atoms. The number of halogens is 3. The van der Waals surface area contributed by atoms with Crippen molar-refractivity contribution in [2.24, 2.45) is 0 Å². The summed E-state index contributed by atoms with van der Waals surface area (Å²) in [5.74, 6) is -0.519. The van der Waals surface area contributed by atoms with Crippen molar-refractivity contribution in [3.05, 3.63) is 98.7 Å². The molecule has 0 aromatic heterocycles. The van der Waals surface area contributed by atoms with Gasteiger partial charge < -0.3 is 10.1 Å². The van der Waals surface area contributed by atoms with Gasteiger partial charge in [-0.25, -0.2) is 4.39 Å². The number of ether oxygens (including phenoxy) is 1. The Bertz CT molecular complexity index is 1140. The Kier molecular flexibility index (Phi) is 7.23. The standard InChI is InChI=1S/C23H15BrClFN2O2/c24-18-6-8-19(9-7-18)28-23(29)17(13-27)11-15-5-10-22(20(25)12-15)30-14-16-3-1-2-4-21(16)26/h1-12H,14H2,(H,28,29)/b17-11+. The van der Waals surface area contributed by atoms with Gasteiger partial charge in [-0.1, -0.05) is 51.8 Å². The zero-order chi connectivity index (χ0) is 21.5. The van der Waals surface area contributed by atoms with Crippen molar-refractivity contribution in [2.75, 3.05) is 5.32 Å². The number of carbonyl (C=O) groups excluding carboxylic acids is 1. The normalized spacial score (nSPS) is 10.9. The third kappa shape index (κ3) is 5.69. The molecule has 4 nitrogen and oxygen atoms in total. The summed E-state index contributed by atoms with van der Waals surface area (Å²) in [6, 6.07) is 20.0. The predicted octanol–water partition coefficient (Wildman–Crippen LogP) is 6.37. The van der Waals surface area contributed by atoms with Crippen molar-refractivity contribution in [1.29, 1.82) is 5.26 Å². The van der Waals surface area contributed by atoms with Gasteiger partial charge in [-0.05, 0) is 54.1 Å². The molecule has 0 unspecified atom stereocenters. The highest BCUT2D eigenvalue weighted by atomic mass is 79.9. The lowest BCUT2D eigenvalue weighted by Gasteiger charge is -2.09. The van der Waals surface area contributed by atoms with Crippen molar-refractivity contribution >= 4 is 45.2 Å². The Morgan fingerprint density at radius 3 is 2.57 bits per heavy atom. The predicted molar refractivity (Wildman–Crippen MR) is 119 cm³/mol. The van der Waals surface area contributed by atoms with E-state index >= 15 is 0 Å². The van der Waals surface area contributed by atoms with Crippen LogP contribution in [0.1, 0.15) is 11.1 Å². The molecule has 0 saturated carbocycles. The van der Waals surface area contributed by atoms with E-state index in [1.165, 1.54) is 12.1 Å². The van der Waals surface area contributed by atoms with Crippen LogP contribution >= 0.6 is 27.5 Å². The van der Waals surface area contributed by atoms with Crippen LogP contribution in [0.15, 0.2) is 76.8 Å². The van der Waals surface area contributed by atoms with Crippen LogP contribution in [-0.2, 0) is 11.4 Å². The maximum absolute atomic E-state index is 13.7. The van der Waals surface area contributed by atoms with Crippen LogP contribution in [0.2, 0.25) is 5.02 Å². The Labute approximate surface area is 186 Å². The molecule has 3 rings (SSSR count).